The van der Waals surface area contributed by atoms with Gasteiger partial charge in [0.2, 0.25) is 0 Å². The third kappa shape index (κ3) is 3.61. The number of hydrogen-bond acceptors (Lipinski definition) is 7. The zero-order valence-corrected chi connectivity index (χ0v) is 12.5. The summed E-state index contributed by atoms with van der Waals surface area (Å²) in [5, 5.41) is 21.3. The molecule has 0 radical (unpaired) electrons. The smallest absolute Gasteiger partial charge is 0.339 e. The molecule has 0 N–H and O–H groups in total. The second-order valence-electron chi connectivity index (χ2n) is 4.50. The highest BCUT2D eigenvalue weighted by molar-refractivity contribution is 7.87. The summed E-state index contributed by atoms with van der Waals surface area (Å²) >= 11 is 0. The third-order valence-corrected chi connectivity index (χ3v) is 4.28. The van der Waals surface area contributed by atoms with Crippen molar-refractivity contribution in [2.45, 2.75) is 11.8 Å². The van der Waals surface area contributed by atoms with Crippen LogP contribution in [0.5, 0.6) is 5.75 Å². The van der Waals surface area contributed by atoms with Gasteiger partial charge in [-0.15, -0.1) is 0 Å². The lowest BCUT2D eigenvalue weighted by Crippen LogP contribution is -2.11. The van der Waals surface area contributed by atoms with Crippen LogP contribution in [0.3, 0.4) is 0 Å². The van der Waals surface area contributed by atoms with E-state index in [9.17, 15) is 28.6 Å². The van der Waals surface area contributed by atoms with Gasteiger partial charge >= 0.3 is 10.1 Å². The van der Waals surface area contributed by atoms with E-state index in [0.717, 1.165) is 24.3 Å². The zero-order valence-electron chi connectivity index (χ0n) is 11.7. The van der Waals surface area contributed by atoms with E-state index in [-0.39, 0.29) is 27.6 Å². The molecule has 0 bridgehead atoms. The molecule has 0 fully saturated rings. The van der Waals surface area contributed by atoms with Gasteiger partial charge in [0, 0.05) is 18.2 Å². The normalized spacial score (nSPS) is 11.0. The van der Waals surface area contributed by atoms with Crippen LogP contribution in [0.4, 0.5) is 11.4 Å². The van der Waals surface area contributed by atoms with E-state index in [1.807, 2.05) is 0 Å². The van der Waals surface area contributed by atoms with Crippen molar-refractivity contribution >= 4 is 21.5 Å². The van der Waals surface area contributed by atoms with Crippen molar-refractivity contribution < 1.29 is 22.4 Å². The summed E-state index contributed by atoms with van der Waals surface area (Å²) in [6.07, 6.45) is 0. The second-order valence-corrected chi connectivity index (χ2v) is 6.01. The number of benzene rings is 2. The van der Waals surface area contributed by atoms with E-state index in [4.69, 9.17) is 4.18 Å². The van der Waals surface area contributed by atoms with Gasteiger partial charge in [-0.3, -0.25) is 20.2 Å². The van der Waals surface area contributed by atoms with Crippen molar-refractivity contribution in [3.8, 4) is 5.75 Å². The summed E-state index contributed by atoms with van der Waals surface area (Å²) in [7, 11) is -4.27. The molecule has 0 saturated heterocycles. The SMILES string of the molecule is Cc1cc([N+](=O)[O-])ccc1S(=O)(=O)Oc1cccc([N+](=O)[O-])c1. The molecule has 0 saturated carbocycles. The van der Waals surface area contributed by atoms with Gasteiger partial charge in [-0.25, -0.2) is 0 Å². The fourth-order valence-electron chi connectivity index (χ4n) is 1.85. The van der Waals surface area contributed by atoms with Crippen molar-refractivity contribution in [2.75, 3.05) is 0 Å². The molecular formula is C13H10N2O7S. The van der Waals surface area contributed by atoms with Crippen LogP contribution in [0.25, 0.3) is 0 Å². The lowest BCUT2D eigenvalue weighted by Gasteiger charge is -2.09. The first-order valence-electron chi connectivity index (χ1n) is 6.15. The largest absolute Gasteiger partial charge is 0.379 e. The molecule has 0 aliphatic heterocycles. The van der Waals surface area contributed by atoms with Crippen LogP contribution in [-0.2, 0) is 10.1 Å². The molecule has 0 unspecified atom stereocenters. The van der Waals surface area contributed by atoms with Gasteiger partial charge in [-0.1, -0.05) is 6.07 Å². The van der Waals surface area contributed by atoms with Crippen LogP contribution in [-0.4, -0.2) is 18.3 Å². The van der Waals surface area contributed by atoms with Gasteiger partial charge in [-0.05, 0) is 24.6 Å². The van der Waals surface area contributed by atoms with Crippen molar-refractivity contribution in [3.05, 3.63) is 68.3 Å². The van der Waals surface area contributed by atoms with Gasteiger partial charge in [0.25, 0.3) is 11.4 Å². The zero-order chi connectivity index (χ0) is 17.2. The van der Waals surface area contributed by atoms with Crippen LogP contribution >= 0.6 is 0 Å². The molecule has 0 atom stereocenters. The van der Waals surface area contributed by atoms with Crippen molar-refractivity contribution in [1.82, 2.24) is 0 Å². The first kappa shape index (κ1) is 16.4. The summed E-state index contributed by atoms with van der Waals surface area (Å²) in [5.41, 5.74) is -0.445. The molecule has 0 aliphatic carbocycles. The molecule has 0 spiro atoms. The monoisotopic (exact) mass is 338 g/mol. The highest BCUT2D eigenvalue weighted by Gasteiger charge is 2.22. The number of nitrogens with zero attached hydrogens (tertiary/aromatic N) is 2. The highest BCUT2D eigenvalue weighted by atomic mass is 32.2. The second kappa shape index (κ2) is 6.01. The number of hydrogen-bond donors (Lipinski definition) is 0. The van der Waals surface area contributed by atoms with Crippen LogP contribution in [0.2, 0.25) is 0 Å². The van der Waals surface area contributed by atoms with Crippen molar-refractivity contribution in [2.24, 2.45) is 0 Å². The first-order valence-corrected chi connectivity index (χ1v) is 7.55. The molecular weight excluding hydrogens is 328 g/mol. The summed E-state index contributed by atoms with van der Waals surface area (Å²) in [6, 6.07) is 7.90. The highest BCUT2D eigenvalue weighted by Crippen LogP contribution is 2.26. The molecule has 2 aromatic rings. The topological polar surface area (TPSA) is 130 Å². The van der Waals surface area contributed by atoms with Gasteiger partial charge in [0.15, 0.2) is 0 Å². The van der Waals surface area contributed by atoms with Crippen LogP contribution in [0.1, 0.15) is 5.56 Å². The van der Waals surface area contributed by atoms with E-state index in [1.54, 1.807) is 0 Å². The molecule has 0 aromatic heterocycles. The Labute approximate surface area is 130 Å². The molecule has 10 heteroatoms. The number of aryl methyl sites for hydroxylation is 1. The average Bonchev–Trinajstić information content (AvgIpc) is 2.46. The van der Waals surface area contributed by atoms with Gasteiger partial charge < -0.3 is 4.18 Å². The number of nitro benzene ring substituents is 2. The fourth-order valence-corrected chi connectivity index (χ4v) is 2.98. The molecule has 0 aliphatic rings. The Hall–Kier alpha value is -3.01. The van der Waals surface area contributed by atoms with Crippen molar-refractivity contribution in [3.63, 3.8) is 0 Å². The third-order valence-electron chi connectivity index (χ3n) is 2.87. The van der Waals surface area contributed by atoms with Crippen LogP contribution in [0, 0.1) is 27.2 Å². The lowest BCUT2D eigenvalue weighted by molar-refractivity contribution is -0.385. The summed E-state index contributed by atoms with van der Waals surface area (Å²) < 4.78 is 29.3. The van der Waals surface area contributed by atoms with Gasteiger partial charge in [0.05, 0.1) is 15.9 Å². The standard InChI is InChI=1S/C13H10N2O7S/c1-9-7-11(15(18)19)5-6-13(9)23(20,21)22-12-4-2-3-10(8-12)14(16)17/h2-8H,1H3. The average molecular weight is 338 g/mol. The Kier molecular flexibility index (Phi) is 4.27. The minimum absolute atomic E-state index is 0.129. The Morgan fingerprint density at radius 3 is 2.13 bits per heavy atom. The number of rotatable bonds is 5. The van der Waals surface area contributed by atoms with Gasteiger partial charge in [-0.2, -0.15) is 8.42 Å². The van der Waals surface area contributed by atoms with E-state index in [1.165, 1.54) is 25.1 Å². The Bertz CT molecular complexity index is 893. The Balaban J connectivity index is 2.38. The molecule has 0 heterocycles. The maximum atomic E-state index is 12.2. The van der Waals surface area contributed by atoms with Crippen LogP contribution in [0.15, 0.2) is 47.4 Å². The molecule has 2 rings (SSSR count). The molecule has 23 heavy (non-hydrogen) atoms. The Morgan fingerprint density at radius 2 is 1.57 bits per heavy atom. The molecule has 120 valence electrons. The minimum atomic E-state index is -4.27. The maximum Gasteiger partial charge on any atom is 0.339 e. The quantitative estimate of drug-likeness (QED) is 0.465. The maximum absolute atomic E-state index is 12.2. The Morgan fingerprint density at radius 1 is 0.957 bits per heavy atom. The van der Waals surface area contributed by atoms with E-state index in [2.05, 4.69) is 0 Å². The molecule has 0 amide bonds. The van der Waals surface area contributed by atoms with Gasteiger partial charge in [0.1, 0.15) is 10.6 Å². The predicted molar refractivity (Wildman–Crippen MR) is 78.7 cm³/mol. The number of nitro groups is 2. The van der Waals surface area contributed by atoms with E-state index in [0.29, 0.717) is 0 Å². The van der Waals surface area contributed by atoms with Crippen LogP contribution < -0.4 is 4.18 Å². The molecule has 2 aromatic carbocycles. The summed E-state index contributed by atoms with van der Waals surface area (Å²) in [4.78, 5) is 19.8. The summed E-state index contributed by atoms with van der Waals surface area (Å²) in [5.74, 6) is -0.225. The summed E-state index contributed by atoms with van der Waals surface area (Å²) in [6.45, 7) is 1.39. The van der Waals surface area contributed by atoms with Crippen molar-refractivity contribution in [1.29, 1.82) is 0 Å². The minimum Gasteiger partial charge on any atom is -0.379 e. The van der Waals surface area contributed by atoms with E-state index < -0.39 is 20.0 Å². The lowest BCUT2D eigenvalue weighted by atomic mass is 10.2. The first-order chi connectivity index (χ1) is 10.7. The predicted octanol–water partition coefficient (Wildman–Crippen LogP) is 2.58. The van der Waals surface area contributed by atoms with E-state index >= 15 is 0 Å². The molecule has 9 nitrogen and oxygen atoms in total. The number of non-ortho nitro benzene ring substituents is 2. The fraction of sp³-hybridized carbons (Fsp3) is 0.0769.